The molecular weight excluding hydrogens is 248 g/mol. The lowest BCUT2D eigenvalue weighted by atomic mass is 10.3. The summed E-state index contributed by atoms with van der Waals surface area (Å²) in [6, 6.07) is 0.333. The number of nitrogens with zero attached hydrogens (tertiary/aromatic N) is 1. The number of rotatable bonds is 11. The molecule has 0 saturated carbocycles. The summed E-state index contributed by atoms with van der Waals surface area (Å²) in [5.74, 6) is 0.207. The highest BCUT2D eigenvalue weighted by molar-refractivity contribution is 7.89. The standard InChI is InChI=1S/C13H30N2O2S/c1-5-7-10-15(11-8-6-2)18(16,17)12-9-14-13(3)4/h13-14H,5-12H2,1-4H3. The van der Waals surface area contributed by atoms with E-state index in [0.717, 1.165) is 25.7 Å². The second kappa shape index (κ2) is 9.75. The largest absolute Gasteiger partial charge is 0.313 e. The topological polar surface area (TPSA) is 49.4 Å². The molecule has 0 aliphatic heterocycles. The first-order valence-electron chi connectivity index (χ1n) is 7.15. The van der Waals surface area contributed by atoms with E-state index in [1.54, 1.807) is 4.31 Å². The van der Waals surface area contributed by atoms with Gasteiger partial charge in [0.15, 0.2) is 0 Å². The Morgan fingerprint density at radius 1 is 1.06 bits per heavy atom. The molecule has 0 unspecified atom stereocenters. The quantitative estimate of drug-likeness (QED) is 0.630. The minimum absolute atomic E-state index is 0.207. The molecule has 0 bridgehead atoms. The van der Waals surface area contributed by atoms with Crippen molar-refractivity contribution in [3.8, 4) is 0 Å². The molecule has 0 atom stereocenters. The third-order valence-corrected chi connectivity index (χ3v) is 4.70. The Morgan fingerprint density at radius 2 is 1.56 bits per heavy atom. The van der Waals surface area contributed by atoms with Gasteiger partial charge in [0, 0.05) is 25.7 Å². The predicted octanol–water partition coefficient (Wildman–Crippen LogP) is 2.22. The number of hydrogen-bond donors (Lipinski definition) is 1. The Balaban J connectivity index is 4.33. The zero-order valence-corrected chi connectivity index (χ0v) is 13.2. The fourth-order valence-electron chi connectivity index (χ4n) is 1.66. The molecule has 0 rings (SSSR count). The molecule has 5 heteroatoms. The molecule has 0 aromatic rings. The Labute approximate surface area is 113 Å². The summed E-state index contributed by atoms with van der Waals surface area (Å²) >= 11 is 0. The van der Waals surface area contributed by atoms with Crippen LogP contribution in [0.1, 0.15) is 53.4 Å². The summed E-state index contributed by atoms with van der Waals surface area (Å²) in [6.07, 6.45) is 3.95. The average molecular weight is 278 g/mol. The van der Waals surface area contributed by atoms with Crippen molar-refractivity contribution in [2.45, 2.75) is 59.4 Å². The summed E-state index contributed by atoms with van der Waals surface area (Å²) in [5.41, 5.74) is 0. The van der Waals surface area contributed by atoms with Crippen LogP contribution in [-0.4, -0.2) is 44.2 Å². The van der Waals surface area contributed by atoms with E-state index in [1.807, 2.05) is 13.8 Å². The first-order chi connectivity index (χ1) is 8.44. The lowest BCUT2D eigenvalue weighted by Gasteiger charge is -2.22. The molecule has 0 amide bonds. The van der Waals surface area contributed by atoms with Crippen LogP contribution in [0.3, 0.4) is 0 Å². The fraction of sp³-hybridized carbons (Fsp3) is 1.00. The van der Waals surface area contributed by atoms with Gasteiger partial charge in [0.1, 0.15) is 0 Å². The average Bonchev–Trinajstić information content (AvgIpc) is 2.28. The summed E-state index contributed by atoms with van der Waals surface area (Å²) in [6.45, 7) is 10.1. The second-order valence-corrected chi connectivity index (χ2v) is 7.12. The molecule has 18 heavy (non-hydrogen) atoms. The molecule has 1 N–H and O–H groups in total. The van der Waals surface area contributed by atoms with Crippen molar-refractivity contribution in [1.82, 2.24) is 9.62 Å². The third-order valence-electron chi connectivity index (χ3n) is 2.83. The van der Waals surface area contributed by atoms with E-state index in [9.17, 15) is 8.42 Å². The van der Waals surface area contributed by atoms with Crippen molar-refractivity contribution in [3.63, 3.8) is 0 Å². The van der Waals surface area contributed by atoms with Crippen molar-refractivity contribution in [3.05, 3.63) is 0 Å². The minimum atomic E-state index is -3.09. The molecule has 0 fully saturated rings. The minimum Gasteiger partial charge on any atom is -0.313 e. The molecule has 110 valence electrons. The van der Waals surface area contributed by atoms with E-state index >= 15 is 0 Å². The number of sulfonamides is 1. The SMILES string of the molecule is CCCCN(CCCC)S(=O)(=O)CCNC(C)C. The van der Waals surface area contributed by atoms with Crippen molar-refractivity contribution in [2.24, 2.45) is 0 Å². The van der Waals surface area contributed by atoms with Gasteiger partial charge in [-0.3, -0.25) is 0 Å². The molecule has 0 spiro atoms. The van der Waals surface area contributed by atoms with Gasteiger partial charge in [-0.2, -0.15) is 0 Å². The molecule has 0 heterocycles. The smallest absolute Gasteiger partial charge is 0.215 e. The van der Waals surface area contributed by atoms with Crippen molar-refractivity contribution in [1.29, 1.82) is 0 Å². The first-order valence-corrected chi connectivity index (χ1v) is 8.76. The number of unbranched alkanes of at least 4 members (excludes halogenated alkanes) is 2. The molecule has 0 aromatic heterocycles. The van der Waals surface area contributed by atoms with Crippen LogP contribution < -0.4 is 5.32 Å². The molecule has 0 saturated heterocycles. The van der Waals surface area contributed by atoms with Crippen molar-refractivity contribution >= 4 is 10.0 Å². The Kier molecular flexibility index (Phi) is 9.68. The predicted molar refractivity (Wildman–Crippen MR) is 78.3 cm³/mol. The van der Waals surface area contributed by atoms with Gasteiger partial charge in [0.25, 0.3) is 0 Å². The maximum Gasteiger partial charge on any atom is 0.215 e. The van der Waals surface area contributed by atoms with Crippen LogP contribution in [0.5, 0.6) is 0 Å². The van der Waals surface area contributed by atoms with Crippen LogP contribution >= 0.6 is 0 Å². The van der Waals surface area contributed by atoms with Crippen LogP contribution in [0.2, 0.25) is 0 Å². The second-order valence-electron chi connectivity index (χ2n) is 5.03. The number of nitrogens with one attached hydrogen (secondary N) is 1. The van der Waals surface area contributed by atoms with E-state index in [0.29, 0.717) is 25.7 Å². The first kappa shape index (κ1) is 17.9. The van der Waals surface area contributed by atoms with Gasteiger partial charge in [-0.15, -0.1) is 0 Å². The fourth-order valence-corrected chi connectivity index (χ4v) is 3.11. The lowest BCUT2D eigenvalue weighted by molar-refractivity contribution is 0.394. The monoisotopic (exact) mass is 278 g/mol. The molecule has 0 aliphatic carbocycles. The van der Waals surface area contributed by atoms with Gasteiger partial charge < -0.3 is 5.32 Å². The Hall–Kier alpha value is -0.130. The molecule has 0 radical (unpaired) electrons. The van der Waals surface area contributed by atoms with Crippen LogP contribution in [-0.2, 0) is 10.0 Å². The maximum atomic E-state index is 12.2. The number of hydrogen-bond acceptors (Lipinski definition) is 3. The Morgan fingerprint density at radius 3 is 1.94 bits per heavy atom. The van der Waals surface area contributed by atoms with E-state index < -0.39 is 10.0 Å². The third kappa shape index (κ3) is 8.06. The van der Waals surface area contributed by atoms with Gasteiger partial charge in [0.2, 0.25) is 10.0 Å². The highest BCUT2D eigenvalue weighted by atomic mass is 32.2. The lowest BCUT2D eigenvalue weighted by Crippen LogP contribution is -2.38. The van der Waals surface area contributed by atoms with Crippen LogP contribution in [0.15, 0.2) is 0 Å². The summed E-state index contributed by atoms with van der Waals surface area (Å²) in [4.78, 5) is 0. The zero-order chi connectivity index (χ0) is 14.0. The van der Waals surface area contributed by atoms with Gasteiger partial charge in [-0.05, 0) is 12.8 Å². The van der Waals surface area contributed by atoms with E-state index in [2.05, 4.69) is 19.2 Å². The normalized spacial score (nSPS) is 12.6. The van der Waals surface area contributed by atoms with E-state index in [4.69, 9.17) is 0 Å². The zero-order valence-electron chi connectivity index (χ0n) is 12.4. The maximum absolute atomic E-state index is 12.2. The van der Waals surface area contributed by atoms with E-state index in [1.165, 1.54) is 0 Å². The van der Waals surface area contributed by atoms with Crippen molar-refractivity contribution in [2.75, 3.05) is 25.4 Å². The van der Waals surface area contributed by atoms with Crippen molar-refractivity contribution < 1.29 is 8.42 Å². The molecule has 0 aromatic carbocycles. The van der Waals surface area contributed by atoms with Gasteiger partial charge in [0.05, 0.1) is 5.75 Å². The summed E-state index contributed by atoms with van der Waals surface area (Å²) < 4.78 is 26.1. The molecule has 4 nitrogen and oxygen atoms in total. The highest BCUT2D eigenvalue weighted by Crippen LogP contribution is 2.06. The highest BCUT2D eigenvalue weighted by Gasteiger charge is 2.20. The van der Waals surface area contributed by atoms with Gasteiger partial charge in [-0.25, -0.2) is 12.7 Å². The summed E-state index contributed by atoms with van der Waals surface area (Å²) in [7, 11) is -3.09. The molecular formula is C13H30N2O2S. The van der Waals surface area contributed by atoms with Gasteiger partial charge in [-0.1, -0.05) is 40.5 Å². The van der Waals surface area contributed by atoms with Crippen LogP contribution in [0.4, 0.5) is 0 Å². The molecule has 0 aliphatic rings. The Bertz CT molecular complexity index is 281. The van der Waals surface area contributed by atoms with Gasteiger partial charge >= 0.3 is 0 Å². The van der Waals surface area contributed by atoms with Crippen LogP contribution in [0, 0.1) is 0 Å². The van der Waals surface area contributed by atoms with Crippen LogP contribution in [0.25, 0.3) is 0 Å². The summed E-state index contributed by atoms with van der Waals surface area (Å²) in [5, 5.41) is 3.16. The van der Waals surface area contributed by atoms with E-state index in [-0.39, 0.29) is 5.75 Å².